The summed E-state index contributed by atoms with van der Waals surface area (Å²) in [6.45, 7) is 7.36. The predicted molar refractivity (Wildman–Crippen MR) is 127 cm³/mol. The van der Waals surface area contributed by atoms with Gasteiger partial charge >= 0.3 is 0 Å². The van der Waals surface area contributed by atoms with Crippen molar-refractivity contribution in [3.8, 4) is 11.1 Å². The van der Waals surface area contributed by atoms with Crippen LogP contribution in [0.1, 0.15) is 86.9 Å². The highest BCUT2D eigenvalue weighted by atomic mass is 32.1. The lowest BCUT2D eigenvalue weighted by Crippen LogP contribution is -2.45. The molecule has 9 heteroatoms. The number of nitrogens with one attached hydrogen (secondary N) is 1. The van der Waals surface area contributed by atoms with Crippen LogP contribution >= 0.6 is 11.3 Å². The molecule has 2 aromatic heterocycles. The Morgan fingerprint density at radius 3 is 2.61 bits per heavy atom. The third-order valence-electron chi connectivity index (χ3n) is 7.03. The Hall–Kier alpha value is -2.44. The molecular formula is C24H34N6O2S. The first-order chi connectivity index (χ1) is 15.9. The molecule has 2 unspecified atom stereocenters. The van der Waals surface area contributed by atoms with Gasteiger partial charge in [0.15, 0.2) is 5.06 Å². The van der Waals surface area contributed by atoms with E-state index in [-0.39, 0.29) is 18.4 Å². The van der Waals surface area contributed by atoms with E-state index in [4.69, 9.17) is 10.00 Å². The number of piperidine rings is 1. The Morgan fingerprint density at radius 2 is 2.00 bits per heavy atom. The third-order valence-corrected chi connectivity index (χ3v) is 8.19. The molecular weight excluding hydrogens is 436 g/mol. The molecule has 0 aliphatic carbocycles. The number of methoxy groups -OCH3 is 1. The normalized spacial score (nSPS) is 23.5. The van der Waals surface area contributed by atoms with E-state index in [0.29, 0.717) is 24.0 Å². The van der Waals surface area contributed by atoms with Crippen LogP contribution in [0.5, 0.6) is 5.06 Å². The van der Waals surface area contributed by atoms with E-state index in [1.54, 1.807) is 18.4 Å². The zero-order valence-corrected chi connectivity index (χ0v) is 20.8. The molecule has 0 aromatic carbocycles. The van der Waals surface area contributed by atoms with E-state index in [2.05, 4.69) is 45.8 Å². The average Bonchev–Trinajstić information content (AvgIpc) is 3.47. The van der Waals surface area contributed by atoms with Crippen LogP contribution in [0.25, 0.3) is 0 Å². The lowest BCUT2D eigenvalue weighted by Gasteiger charge is -2.40. The van der Waals surface area contributed by atoms with Gasteiger partial charge in [0.1, 0.15) is 18.1 Å². The van der Waals surface area contributed by atoms with Crippen LogP contribution in [-0.4, -0.2) is 51.3 Å². The summed E-state index contributed by atoms with van der Waals surface area (Å²) in [4.78, 5) is 15.9. The minimum absolute atomic E-state index is 0.107. The van der Waals surface area contributed by atoms with E-state index in [1.807, 2.05) is 18.2 Å². The van der Waals surface area contributed by atoms with Crippen LogP contribution in [0.3, 0.4) is 0 Å². The molecule has 33 heavy (non-hydrogen) atoms. The van der Waals surface area contributed by atoms with Crippen molar-refractivity contribution in [1.82, 2.24) is 25.0 Å². The van der Waals surface area contributed by atoms with Crippen molar-refractivity contribution >= 4 is 17.2 Å². The summed E-state index contributed by atoms with van der Waals surface area (Å²) in [5.41, 5.74) is 0. The lowest BCUT2D eigenvalue weighted by molar-refractivity contribution is -0.120. The molecule has 2 aliphatic rings. The van der Waals surface area contributed by atoms with Crippen LogP contribution in [0, 0.1) is 18.3 Å². The molecule has 8 nitrogen and oxygen atoms in total. The van der Waals surface area contributed by atoms with Gasteiger partial charge in [0, 0.05) is 35.5 Å². The molecule has 2 saturated heterocycles. The van der Waals surface area contributed by atoms with Gasteiger partial charge in [0.25, 0.3) is 0 Å². The first-order valence-electron chi connectivity index (χ1n) is 11.9. The molecule has 0 spiro atoms. The van der Waals surface area contributed by atoms with Crippen molar-refractivity contribution < 1.29 is 9.53 Å². The topological polar surface area (TPSA) is 96.1 Å². The highest BCUT2D eigenvalue weighted by Crippen LogP contribution is 2.42. The number of rotatable bonds is 9. The number of amides is 1. The lowest BCUT2D eigenvalue weighted by atomic mass is 9.95. The summed E-state index contributed by atoms with van der Waals surface area (Å²) in [7, 11) is 1.66. The van der Waals surface area contributed by atoms with Crippen molar-refractivity contribution in [2.75, 3.05) is 13.7 Å². The van der Waals surface area contributed by atoms with Gasteiger partial charge in [-0.1, -0.05) is 13.8 Å². The third kappa shape index (κ3) is 5.07. The highest BCUT2D eigenvalue weighted by molar-refractivity contribution is 7.13. The number of aromatic nitrogens is 3. The molecule has 3 atom stereocenters. The molecule has 1 amide bonds. The van der Waals surface area contributed by atoms with Gasteiger partial charge in [-0.15, -0.1) is 21.5 Å². The van der Waals surface area contributed by atoms with Crippen molar-refractivity contribution in [3.63, 3.8) is 0 Å². The van der Waals surface area contributed by atoms with Crippen molar-refractivity contribution in [1.29, 1.82) is 5.26 Å². The second-order valence-corrected chi connectivity index (χ2v) is 10.6. The molecule has 4 heterocycles. The van der Waals surface area contributed by atoms with E-state index in [0.717, 1.165) is 47.4 Å². The number of carbonyl (C=O) groups excluding carboxylic acids is 1. The summed E-state index contributed by atoms with van der Waals surface area (Å²) in [6, 6.07) is 7.34. The molecule has 2 aromatic rings. The van der Waals surface area contributed by atoms with Gasteiger partial charge in [-0.2, -0.15) is 5.26 Å². The minimum atomic E-state index is -0.221. The quantitative estimate of drug-likeness (QED) is 0.592. The number of carbonyl (C=O) groups is 1. The number of nitriles is 1. The van der Waals surface area contributed by atoms with Crippen LogP contribution in [0.15, 0.2) is 12.1 Å². The number of hydrogen-bond donors (Lipinski definition) is 1. The Bertz CT molecular complexity index is 995. The maximum atomic E-state index is 12.2. The maximum absolute atomic E-state index is 12.2. The van der Waals surface area contributed by atoms with E-state index >= 15 is 0 Å². The van der Waals surface area contributed by atoms with E-state index in [1.165, 1.54) is 12.8 Å². The zero-order valence-electron chi connectivity index (χ0n) is 20.0. The van der Waals surface area contributed by atoms with Gasteiger partial charge in [0.2, 0.25) is 5.91 Å². The summed E-state index contributed by atoms with van der Waals surface area (Å²) in [5, 5.41) is 21.6. The van der Waals surface area contributed by atoms with E-state index in [9.17, 15) is 4.79 Å². The standard InChI is InChI=1S/C24H34N6O2S/c1-15(2)24-28-27-16(3)30(24)19-13-17-5-6-18(14-19)29(17)12-10-20(26-22(31)9-11-25)21-7-8-23(32-4)33-21/h7-8,15,17-20H,5-6,9-10,12-14H2,1-4H3,(H,26,31)/t17?,18?,19?,20-/m0/s1. The second-order valence-electron chi connectivity index (χ2n) is 9.48. The monoisotopic (exact) mass is 470 g/mol. The van der Waals surface area contributed by atoms with Crippen LogP contribution in [0.2, 0.25) is 0 Å². The molecule has 0 radical (unpaired) electrons. The Morgan fingerprint density at radius 1 is 1.27 bits per heavy atom. The van der Waals surface area contributed by atoms with Crippen LogP contribution in [0.4, 0.5) is 0 Å². The second kappa shape index (κ2) is 10.2. The van der Waals surface area contributed by atoms with Crippen molar-refractivity contribution in [2.24, 2.45) is 0 Å². The fourth-order valence-corrected chi connectivity index (χ4v) is 6.47. The van der Waals surface area contributed by atoms with Gasteiger partial charge < -0.3 is 14.6 Å². The summed E-state index contributed by atoms with van der Waals surface area (Å²) >= 11 is 1.55. The highest BCUT2D eigenvalue weighted by Gasteiger charge is 2.42. The SMILES string of the molecule is COc1ccc([C@H](CCN2C3CCC2CC(n2c(C)nnc2C(C)C)C3)NC(=O)CC#N)s1. The van der Waals surface area contributed by atoms with Gasteiger partial charge in [-0.25, -0.2) is 0 Å². The fraction of sp³-hybridized carbons (Fsp3) is 0.667. The zero-order chi connectivity index (χ0) is 23.5. The average molecular weight is 471 g/mol. The summed E-state index contributed by atoms with van der Waals surface area (Å²) < 4.78 is 7.73. The van der Waals surface area contributed by atoms with Gasteiger partial charge in [0.05, 0.1) is 19.2 Å². The van der Waals surface area contributed by atoms with Crippen molar-refractivity contribution in [3.05, 3.63) is 28.7 Å². The Labute approximate surface area is 199 Å². The predicted octanol–water partition coefficient (Wildman–Crippen LogP) is 4.11. The number of nitrogens with zero attached hydrogens (tertiary/aromatic N) is 5. The summed E-state index contributed by atoms with van der Waals surface area (Å²) in [5.74, 6) is 2.25. The van der Waals surface area contributed by atoms with Gasteiger partial charge in [-0.3, -0.25) is 9.69 Å². The smallest absolute Gasteiger partial charge is 0.234 e. The molecule has 0 saturated carbocycles. The first kappa shape index (κ1) is 23.7. The number of aryl methyl sites for hydroxylation is 1. The maximum Gasteiger partial charge on any atom is 0.234 e. The molecule has 2 aliphatic heterocycles. The summed E-state index contributed by atoms with van der Waals surface area (Å²) in [6.07, 6.45) is 5.38. The fourth-order valence-electron chi connectivity index (χ4n) is 5.56. The number of ether oxygens (including phenoxy) is 1. The van der Waals surface area contributed by atoms with E-state index < -0.39 is 0 Å². The van der Waals surface area contributed by atoms with Crippen LogP contribution in [-0.2, 0) is 4.79 Å². The Kier molecular flexibility index (Phi) is 7.35. The number of hydrogen-bond acceptors (Lipinski definition) is 7. The molecule has 1 N–H and O–H groups in total. The van der Waals surface area contributed by atoms with Crippen LogP contribution < -0.4 is 10.1 Å². The molecule has 4 rings (SSSR count). The Balaban J connectivity index is 1.44. The largest absolute Gasteiger partial charge is 0.487 e. The van der Waals surface area contributed by atoms with Gasteiger partial charge in [-0.05, 0) is 51.2 Å². The number of fused-ring (bicyclic) bond motifs is 2. The molecule has 178 valence electrons. The first-order valence-corrected chi connectivity index (χ1v) is 12.7. The molecule has 2 fully saturated rings. The number of thiophene rings is 1. The minimum Gasteiger partial charge on any atom is -0.487 e. The van der Waals surface area contributed by atoms with Crippen molar-refractivity contribution in [2.45, 2.75) is 89.4 Å². The molecule has 2 bridgehead atoms.